The fourth-order valence-corrected chi connectivity index (χ4v) is 4.76. The number of thiophene rings is 1. The number of hydrogen-bond donors (Lipinski definition) is 2. The molecular weight excluding hydrogens is 550 g/mol. The Kier molecular flexibility index (Phi) is 10.7. The molecule has 3 aromatic rings. The lowest BCUT2D eigenvalue weighted by atomic mass is 10.1. The predicted molar refractivity (Wildman–Crippen MR) is 156 cm³/mol. The molecule has 0 spiro atoms. The van der Waals surface area contributed by atoms with Crippen molar-refractivity contribution in [2.24, 2.45) is 5.10 Å². The molecule has 0 aliphatic rings. The van der Waals surface area contributed by atoms with Gasteiger partial charge in [0.15, 0.2) is 17.6 Å². The average Bonchev–Trinajstić information content (AvgIpc) is 3.24. The lowest BCUT2D eigenvalue weighted by molar-refractivity contribution is -0.127. The number of hydrogen-bond acceptors (Lipinski definition) is 10. The zero-order valence-electron chi connectivity index (χ0n) is 23.9. The Morgan fingerprint density at radius 1 is 1.00 bits per heavy atom. The highest BCUT2D eigenvalue weighted by Gasteiger charge is 2.23. The van der Waals surface area contributed by atoms with E-state index in [9.17, 15) is 14.4 Å². The van der Waals surface area contributed by atoms with Crippen molar-refractivity contribution in [2.75, 3.05) is 33.3 Å². The highest BCUT2D eigenvalue weighted by Crippen LogP contribution is 2.38. The molecule has 0 saturated heterocycles. The molecule has 1 heterocycles. The Balaban J connectivity index is 1.60. The molecule has 2 amide bonds. The highest BCUT2D eigenvalue weighted by atomic mass is 32.1. The van der Waals surface area contributed by atoms with E-state index in [2.05, 4.69) is 15.8 Å². The van der Waals surface area contributed by atoms with Crippen LogP contribution in [0.25, 0.3) is 0 Å². The first-order valence-corrected chi connectivity index (χ1v) is 13.4. The summed E-state index contributed by atoms with van der Waals surface area (Å²) in [5.41, 5.74) is 4.53. The van der Waals surface area contributed by atoms with E-state index in [1.807, 2.05) is 13.8 Å². The minimum atomic E-state index is -0.879. The van der Waals surface area contributed by atoms with Gasteiger partial charge in [-0.05, 0) is 69.7 Å². The van der Waals surface area contributed by atoms with E-state index in [0.717, 1.165) is 10.4 Å². The quantitative estimate of drug-likeness (QED) is 0.178. The summed E-state index contributed by atoms with van der Waals surface area (Å²) in [6.07, 6.45) is 0.558. The fourth-order valence-electron chi connectivity index (χ4n) is 3.72. The number of aryl methyl sites for hydroxylation is 1. The third-order valence-electron chi connectivity index (χ3n) is 5.97. The maximum absolute atomic E-state index is 12.9. The van der Waals surface area contributed by atoms with Crippen molar-refractivity contribution in [1.29, 1.82) is 0 Å². The summed E-state index contributed by atoms with van der Waals surface area (Å²) in [5, 5.41) is 7.22. The van der Waals surface area contributed by atoms with Gasteiger partial charge in [-0.1, -0.05) is 0 Å². The topological polar surface area (TPSA) is 134 Å². The van der Waals surface area contributed by atoms with Crippen molar-refractivity contribution >= 4 is 40.3 Å². The average molecular weight is 584 g/mol. The van der Waals surface area contributed by atoms with Gasteiger partial charge in [0.05, 0.1) is 39.7 Å². The Hall–Kier alpha value is -4.58. The van der Waals surface area contributed by atoms with Gasteiger partial charge in [0.1, 0.15) is 10.8 Å². The van der Waals surface area contributed by atoms with Crippen LogP contribution < -0.4 is 29.7 Å². The number of esters is 1. The van der Waals surface area contributed by atoms with Crippen LogP contribution in [-0.2, 0) is 9.53 Å². The first kappa shape index (κ1) is 31.0. The van der Waals surface area contributed by atoms with Gasteiger partial charge < -0.3 is 29.0 Å². The van der Waals surface area contributed by atoms with E-state index < -0.39 is 23.9 Å². The monoisotopic (exact) mass is 583 g/mol. The van der Waals surface area contributed by atoms with Crippen LogP contribution in [-0.4, -0.2) is 58.0 Å². The number of benzene rings is 2. The van der Waals surface area contributed by atoms with Crippen molar-refractivity contribution < 1.29 is 38.1 Å². The van der Waals surface area contributed by atoms with Crippen LogP contribution in [0.4, 0.5) is 5.00 Å². The number of ether oxygens (including phenoxy) is 5. The summed E-state index contributed by atoms with van der Waals surface area (Å²) >= 11 is 1.31. The fraction of sp³-hybridized carbons (Fsp3) is 0.310. The van der Waals surface area contributed by atoms with Crippen LogP contribution in [0.5, 0.6) is 23.0 Å². The molecule has 0 radical (unpaired) electrons. The zero-order valence-corrected chi connectivity index (χ0v) is 24.8. The van der Waals surface area contributed by atoms with E-state index in [1.54, 1.807) is 50.2 Å². The SMILES string of the molecule is CCOC(=O)c1c(NC(=O)c2ccc(O[C@@H](C)C(=O)N/N=C\c3cc(OC)c(OC)c(OC)c3)cc2)sc(C)c1C. The highest BCUT2D eigenvalue weighted by molar-refractivity contribution is 7.16. The number of rotatable bonds is 12. The molecule has 0 unspecified atom stereocenters. The molecule has 0 saturated carbocycles. The predicted octanol–water partition coefficient (Wildman–Crippen LogP) is 4.74. The molecule has 0 aliphatic carbocycles. The standard InChI is InChI=1S/C29H33N3O8S/c1-8-39-29(35)24-16(2)18(4)41-28(24)31-27(34)20-9-11-21(12-10-20)40-17(3)26(33)32-30-15-19-13-22(36-5)25(38-7)23(14-19)37-6/h9-15,17H,8H2,1-7H3,(H,31,34)(H,32,33)/b30-15-/t17-/m0/s1. The second kappa shape index (κ2) is 14.2. The number of anilines is 1. The molecule has 41 heavy (non-hydrogen) atoms. The van der Waals surface area contributed by atoms with E-state index >= 15 is 0 Å². The van der Waals surface area contributed by atoms with Gasteiger partial charge in [0.2, 0.25) is 5.75 Å². The number of methoxy groups -OCH3 is 3. The normalized spacial score (nSPS) is 11.5. The number of hydrazone groups is 1. The van der Waals surface area contributed by atoms with Crippen LogP contribution >= 0.6 is 11.3 Å². The molecule has 0 bridgehead atoms. The zero-order chi connectivity index (χ0) is 30.1. The van der Waals surface area contributed by atoms with E-state index in [-0.39, 0.29) is 6.61 Å². The first-order chi connectivity index (χ1) is 19.6. The maximum atomic E-state index is 12.9. The second-order valence-corrected chi connectivity index (χ2v) is 9.86. The van der Waals surface area contributed by atoms with Crippen molar-refractivity contribution in [3.63, 3.8) is 0 Å². The van der Waals surface area contributed by atoms with Crippen LogP contribution in [0.1, 0.15) is 50.6 Å². The van der Waals surface area contributed by atoms with E-state index in [4.69, 9.17) is 23.7 Å². The Morgan fingerprint density at radius 3 is 2.20 bits per heavy atom. The summed E-state index contributed by atoms with van der Waals surface area (Å²) in [6, 6.07) is 9.66. The Morgan fingerprint density at radius 2 is 1.63 bits per heavy atom. The molecule has 3 rings (SSSR count). The maximum Gasteiger partial charge on any atom is 0.341 e. The number of carbonyl (C=O) groups is 3. The van der Waals surface area contributed by atoms with Crippen LogP contribution in [0.3, 0.4) is 0 Å². The lowest BCUT2D eigenvalue weighted by Crippen LogP contribution is -2.33. The Bertz CT molecular complexity index is 1410. The van der Waals surface area contributed by atoms with Gasteiger partial charge in [0.25, 0.3) is 11.8 Å². The van der Waals surface area contributed by atoms with E-state index in [1.165, 1.54) is 38.9 Å². The minimum absolute atomic E-state index is 0.234. The summed E-state index contributed by atoms with van der Waals surface area (Å²) in [4.78, 5) is 38.7. The van der Waals surface area contributed by atoms with Crippen LogP contribution in [0, 0.1) is 13.8 Å². The largest absolute Gasteiger partial charge is 0.493 e. The van der Waals surface area contributed by atoms with Crippen molar-refractivity contribution in [2.45, 2.75) is 33.8 Å². The molecule has 2 N–H and O–H groups in total. The molecule has 1 aromatic heterocycles. The summed E-state index contributed by atoms with van der Waals surface area (Å²) in [7, 11) is 4.52. The molecule has 2 aromatic carbocycles. The summed E-state index contributed by atoms with van der Waals surface area (Å²) in [5.74, 6) is 0.379. The molecule has 218 valence electrons. The van der Waals surface area contributed by atoms with Gasteiger partial charge in [0, 0.05) is 16.0 Å². The van der Waals surface area contributed by atoms with Gasteiger partial charge in [-0.2, -0.15) is 5.10 Å². The van der Waals surface area contributed by atoms with Gasteiger partial charge in [-0.25, -0.2) is 10.2 Å². The molecule has 0 fully saturated rings. The number of nitrogens with one attached hydrogen (secondary N) is 2. The van der Waals surface area contributed by atoms with Crippen LogP contribution in [0.2, 0.25) is 0 Å². The molecule has 1 atom stereocenters. The van der Waals surface area contributed by atoms with Crippen LogP contribution in [0.15, 0.2) is 41.5 Å². The third kappa shape index (κ3) is 7.54. The molecule has 0 aliphatic heterocycles. The Labute approximate surface area is 242 Å². The summed E-state index contributed by atoms with van der Waals surface area (Å²) < 4.78 is 26.8. The number of carbonyl (C=O) groups excluding carboxylic acids is 3. The number of nitrogens with zero attached hydrogens (tertiary/aromatic N) is 1. The van der Waals surface area contributed by atoms with Crippen molar-refractivity contribution in [1.82, 2.24) is 5.43 Å². The molecular formula is C29H33N3O8S. The number of amides is 2. The van der Waals surface area contributed by atoms with Crippen molar-refractivity contribution in [3.8, 4) is 23.0 Å². The van der Waals surface area contributed by atoms with Gasteiger partial charge in [-0.3, -0.25) is 9.59 Å². The smallest absolute Gasteiger partial charge is 0.341 e. The molecule has 12 heteroatoms. The van der Waals surface area contributed by atoms with Crippen molar-refractivity contribution in [3.05, 3.63) is 63.5 Å². The summed E-state index contributed by atoms with van der Waals surface area (Å²) in [6.45, 7) is 7.22. The third-order valence-corrected chi connectivity index (χ3v) is 7.09. The van der Waals surface area contributed by atoms with Gasteiger partial charge >= 0.3 is 5.97 Å². The minimum Gasteiger partial charge on any atom is -0.493 e. The molecule has 11 nitrogen and oxygen atoms in total. The van der Waals surface area contributed by atoms with Gasteiger partial charge in [-0.15, -0.1) is 11.3 Å². The van der Waals surface area contributed by atoms with E-state index in [0.29, 0.717) is 44.7 Å². The second-order valence-electron chi connectivity index (χ2n) is 8.64. The first-order valence-electron chi connectivity index (χ1n) is 12.6. The lowest BCUT2D eigenvalue weighted by Gasteiger charge is -2.14.